The Morgan fingerprint density at radius 3 is 2.62 bits per heavy atom. The first-order valence-electron chi connectivity index (χ1n) is 7.34. The molecule has 1 amide bonds. The number of carbonyl (C=O) groups is 2. The molecule has 24 heavy (non-hydrogen) atoms. The number of hydrogen-bond acceptors (Lipinski definition) is 4. The normalized spacial score (nSPS) is 13.4. The van der Waals surface area contributed by atoms with E-state index in [0.717, 1.165) is 12.1 Å². The Hall–Kier alpha value is -2.61. The summed E-state index contributed by atoms with van der Waals surface area (Å²) < 4.78 is 27.6. The number of amides is 1. The minimum Gasteiger partial charge on any atom is -0.386 e. The van der Waals surface area contributed by atoms with Crippen LogP contribution in [0.5, 0.6) is 0 Å². The maximum absolute atomic E-state index is 13.2. The van der Waals surface area contributed by atoms with Crippen molar-refractivity contribution < 1.29 is 23.5 Å². The summed E-state index contributed by atoms with van der Waals surface area (Å²) in [6.07, 6.45) is 1.43. The van der Waals surface area contributed by atoms with Gasteiger partial charge in [-0.05, 0) is 31.5 Å². The molecule has 0 aliphatic carbocycles. The fourth-order valence-electron chi connectivity index (χ4n) is 2.12. The lowest BCUT2D eigenvalue weighted by atomic mass is 10.0. The number of benzene rings is 1. The maximum atomic E-state index is 13.2. The van der Waals surface area contributed by atoms with Crippen LogP contribution in [0.3, 0.4) is 0 Å². The number of aryl methyl sites for hydroxylation is 1. The second kappa shape index (κ2) is 7.31. The van der Waals surface area contributed by atoms with Crippen molar-refractivity contribution in [3.63, 3.8) is 0 Å². The molecule has 0 fully saturated rings. The van der Waals surface area contributed by atoms with E-state index in [2.05, 4.69) is 10.4 Å². The largest absolute Gasteiger partial charge is 0.386 e. The summed E-state index contributed by atoms with van der Waals surface area (Å²) in [5, 5.41) is 16.4. The van der Waals surface area contributed by atoms with Crippen molar-refractivity contribution in [3.8, 4) is 0 Å². The first-order valence-corrected chi connectivity index (χ1v) is 7.34. The van der Waals surface area contributed by atoms with Gasteiger partial charge in [-0.15, -0.1) is 0 Å². The van der Waals surface area contributed by atoms with Crippen LogP contribution >= 0.6 is 0 Å². The van der Waals surface area contributed by atoms with Crippen molar-refractivity contribution in [1.29, 1.82) is 0 Å². The Balaban J connectivity index is 2.04. The minimum absolute atomic E-state index is 0.0907. The van der Waals surface area contributed by atoms with E-state index in [1.165, 1.54) is 30.1 Å². The van der Waals surface area contributed by atoms with Gasteiger partial charge < -0.3 is 10.4 Å². The quantitative estimate of drug-likeness (QED) is 0.619. The van der Waals surface area contributed by atoms with Crippen LogP contribution in [0.1, 0.15) is 35.9 Å². The average molecular weight is 337 g/mol. The summed E-state index contributed by atoms with van der Waals surface area (Å²) in [4.78, 5) is 24.0. The molecular formula is C16H17F2N3O3. The zero-order chi connectivity index (χ0) is 17.9. The molecule has 0 saturated heterocycles. The number of nitrogens with one attached hydrogen (secondary N) is 1. The van der Waals surface area contributed by atoms with Crippen molar-refractivity contribution >= 4 is 11.7 Å². The Morgan fingerprint density at radius 2 is 2.04 bits per heavy atom. The molecule has 1 heterocycles. The molecule has 0 saturated carbocycles. The van der Waals surface area contributed by atoms with Crippen LogP contribution < -0.4 is 5.32 Å². The number of aromatic nitrogens is 2. The first kappa shape index (κ1) is 17.7. The number of rotatable bonds is 6. The smallest absolute Gasteiger partial charge is 0.292 e. The van der Waals surface area contributed by atoms with Gasteiger partial charge in [0.15, 0.2) is 11.6 Å². The molecule has 1 aromatic heterocycles. The zero-order valence-electron chi connectivity index (χ0n) is 13.2. The van der Waals surface area contributed by atoms with Crippen molar-refractivity contribution in [3.05, 3.63) is 53.4 Å². The third-order valence-electron chi connectivity index (χ3n) is 3.54. The van der Waals surface area contributed by atoms with Crippen molar-refractivity contribution in [1.82, 2.24) is 15.1 Å². The van der Waals surface area contributed by atoms with Crippen LogP contribution in [-0.2, 0) is 11.3 Å². The highest BCUT2D eigenvalue weighted by molar-refractivity contribution is 6.42. The number of halogens is 2. The lowest BCUT2D eigenvalue weighted by molar-refractivity contribution is -0.118. The number of aliphatic hydroxyl groups is 1. The van der Waals surface area contributed by atoms with E-state index in [0.29, 0.717) is 6.54 Å². The third-order valence-corrected chi connectivity index (χ3v) is 3.54. The molecule has 0 radical (unpaired) electrons. The number of aliphatic hydroxyl groups excluding tert-OH is 1. The topological polar surface area (TPSA) is 84.2 Å². The number of carbonyl (C=O) groups excluding carboxylic acids is 2. The Labute approximate surface area is 137 Å². The van der Waals surface area contributed by atoms with Crippen LogP contribution in [0.4, 0.5) is 8.78 Å². The number of hydrogen-bond donors (Lipinski definition) is 2. The molecule has 2 rings (SSSR count). The molecule has 8 heteroatoms. The SMILES string of the molecule is CCn1cc(C(=O)C(=O)NC(C)C(O)c2ccc(F)c(F)c2)cn1. The highest BCUT2D eigenvalue weighted by Gasteiger charge is 2.24. The van der Waals surface area contributed by atoms with Crippen LogP contribution in [-0.4, -0.2) is 32.6 Å². The standard InChI is InChI=1S/C16H17F2N3O3/c1-3-21-8-11(7-19-21)15(23)16(24)20-9(2)14(22)10-4-5-12(17)13(18)6-10/h4-9,14,22H,3H2,1-2H3,(H,20,24). The van der Waals surface area contributed by atoms with Gasteiger partial charge in [0.05, 0.1) is 23.9 Å². The van der Waals surface area contributed by atoms with Crippen LogP contribution in [0.25, 0.3) is 0 Å². The minimum atomic E-state index is -1.30. The Kier molecular flexibility index (Phi) is 5.40. The molecule has 2 aromatic rings. The highest BCUT2D eigenvalue weighted by atomic mass is 19.2. The van der Waals surface area contributed by atoms with Crippen LogP contribution in [0.2, 0.25) is 0 Å². The molecule has 1 aromatic carbocycles. The van der Waals surface area contributed by atoms with Crippen molar-refractivity contribution in [2.24, 2.45) is 0 Å². The fraction of sp³-hybridized carbons (Fsp3) is 0.312. The van der Waals surface area contributed by atoms with Gasteiger partial charge >= 0.3 is 0 Å². The zero-order valence-corrected chi connectivity index (χ0v) is 13.2. The van der Waals surface area contributed by atoms with Gasteiger partial charge in [-0.1, -0.05) is 6.07 Å². The van der Waals surface area contributed by atoms with Crippen molar-refractivity contribution in [2.45, 2.75) is 32.5 Å². The van der Waals surface area contributed by atoms with Crippen LogP contribution in [0, 0.1) is 11.6 Å². The summed E-state index contributed by atoms with van der Waals surface area (Å²) in [6.45, 7) is 3.84. The third kappa shape index (κ3) is 3.83. The van der Waals surface area contributed by atoms with E-state index in [1.807, 2.05) is 6.92 Å². The molecule has 0 aliphatic heterocycles. The van der Waals surface area contributed by atoms with E-state index in [4.69, 9.17) is 0 Å². The summed E-state index contributed by atoms with van der Waals surface area (Å²) in [5.41, 5.74) is 0.219. The molecule has 0 bridgehead atoms. The van der Waals surface area contributed by atoms with E-state index < -0.39 is 35.5 Å². The molecule has 2 atom stereocenters. The molecule has 128 valence electrons. The van der Waals surface area contributed by atoms with Gasteiger partial charge in [0, 0.05) is 12.7 Å². The van der Waals surface area contributed by atoms with Gasteiger partial charge in [-0.25, -0.2) is 8.78 Å². The van der Waals surface area contributed by atoms with Gasteiger partial charge in [0.1, 0.15) is 0 Å². The molecule has 6 nitrogen and oxygen atoms in total. The predicted molar refractivity (Wildman–Crippen MR) is 81.2 cm³/mol. The number of ketones is 1. The second-order valence-electron chi connectivity index (χ2n) is 5.29. The van der Waals surface area contributed by atoms with Gasteiger partial charge in [-0.3, -0.25) is 14.3 Å². The van der Waals surface area contributed by atoms with E-state index in [-0.39, 0.29) is 11.1 Å². The lowest BCUT2D eigenvalue weighted by Gasteiger charge is -2.20. The molecule has 0 aliphatic rings. The van der Waals surface area contributed by atoms with E-state index in [1.54, 1.807) is 0 Å². The maximum Gasteiger partial charge on any atom is 0.292 e. The summed E-state index contributed by atoms with van der Waals surface area (Å²) in [6, 6.07) is 2.05. The molecule has 2 unspecified atom stereocenters. The number of nitrogens with zero attached hydrogens (tertiary/aromatic N) is 2. The Morgan fingerprint density at radius 1 is 1.33 bits per heavy atom. The first-order chi connectivity index (χ1) is 11.3. The predicted octanol–water partition coefficient (Wildman–Crippen LogP) is 1.60. The van der Waals surface area contributed by atoms with Gasteiger partial charge in [0.2, 0.25) is 0 Å². The van der Waals surface area contributed by atoms with E-state index in [9.17, 15) is 23.5 Å². The molecule has 0 spiro atoms. The van der Waals surface area contributed by atoms with Crippen molar-refractivity contribution in [2.75, 3.05) is 0 Å². The Bertz CT molecular complexity index is 761. The fourth-order valence-corrected chi connectivity index (χ4v) is 2.12. The van der Waals surface area contributed by atoms with Gasteiger partial charge in [-0.2, -0.15) is 5.10 Å². The molecular weight excluding hydrogens is 320 g/mol. The second-order valence-corrected chi connectivity index (χ2v) is 5.29. The monoisotopic (exact) mass is 337 g/mol. The van der Waals surface area contributed by atoms with Gasteiger partial charge in [0.25, 0.3) is 11.7 Å². The molecule has 2 N–H and O–H groups in total. The number of Topliss-reactive ketones (excluding diaryl/α,β-unsaturated/α-hetero) is 1. The summed E-state index contributed by atoms with van der Waals surface area (Å²) in [7, 11) is 0. The van der Waals surface area contributed by atoms with Crippen LogP contribution in [0.15, 0.2) is 30.6 Å². The summed E-state index contributed by atoms with van der Waals surface area (Å²) in [5.74, 6) is -3.85. The summed E-state index contributed by atoms with van der Waals surface area (Å²) >= 11 is 0. The average Bonchev–Trinajstić information content (AvgIpc) is 3.04. The lowest BCUT2D eigenvalue weighted by Crippen LogP contribution is -2.40. The highest BCUT2D eigenvalue weighted by Crippen LogP contribution is 2.19. The van der Waals surface area contributed by atoms with E-state index >= 15 is 0 Å².